The fraction of sp³-hybridized carbons (Fsp3) is 0.526. The van der Waals surface area contributed by atoms with Gasteiger partial charge in [0.1, 0.15) is 5.60 Å². The zero-order valence-corrected chi connectivity index (χ0v) is 18.6. The standard InChI is InChI=1S/C19H24BrF3N2O5/c1-5-29-16(27)15(26)25(11-10-24-17(28)30-18(2,3)4)14(19(21,22)23)12-6-8-13(20)9-7-12/h6-9,14H,5,10-11H2,1-4H3,(H,24,28). The highest BCUT2D eigenvalue weighted by Gasteiger charge is 2.48. The predicted octanol–water partition coefficient (Wildman–Crippen LogP) is 3.97. The van der Waals surface area contributed by atoms with Crippen molar-refractivity contribution >= 4 is 33.9 Å². The monoisotopic (exact) mass is 496 g/mol. The SMILES string of the molecule is CCOC(=O)C(=O)N(CCNC(=O)OC(C)(C)C)C(c1ccc(Br)cc1)C(F)(F)F. The van der Waals surface area contributed by atoms with Crippen molar-refractivity contribution in [2.75, 3.05) is 19.7 Å². The molecular weight excluding hydrogens is 473 g/mol. The number of carbonyl (C=O) groups is 3. The van der Waals surface area contributed by atoms with Crippen LogP contribution < -0.4 is 5.32 Å². The van der Waals surface area contributed by atoms with Crippen LogP contribution in [0.2, 0.25) is 0 Å². The van der Waals surface area contributed by atoms with E-state index in [1.165, 1.54) is 31.2 Å². The van der Waals surface area contributed by atoms with Gasteiger partial charge in [-0.1, -0.05) is 28.1 Å². The van der Waals surface area contributed by atoms with E-state index in [9.17, 15) is 27.6 Å². The highest BCUT2D eigenvalue weighted by Crippen LogP contribution is 2.38. The number of halogens is 4. The summed E-state index contributed by atoms with van der Waals surface area (Å²) >= 11 is 3.14. The maximum atomic E-state index is 13.9. The van der Waals surface area contributed by atoms with Gasteiger partial charge >= 0.3 is 24.1 Å². The van der Waals surface area contributed by atoms with E-state index >= 15 is 0 Å². The van der Waals surface area contributed by atoms with Crippen molar-refractivity contribution in [1.82, 2.24) is 10.2 Å². The zero-order valence-electron chi connectivity index (χ0n) is 17.0. The molecule has 0 aromatic heterocycles. The number of amides is 2. The summed E-state index contributed by atoms with van der Waals surface area (Å²) in [6.07, 6.45) is -5.75. The van der Waals surface area contributed by atoms with Crippen LogP contribution in [-0.2, 0) is 19.1 Å². The second-order valence-corrected chi connectivity index (χ2v) is 8.06. The van der Waals surface area contributed by atoms with Crippen LogP contribution in [0.5, 0.6) is 0 Å². The molecule has 0 aliphatic rings. The summed E-state index contributed by atoms with van der Waals surface area (Å²) < 4.78 is 51.9. The minimum absolute atomic E-state index is 0.177. The van der Waals surface area contributed by atoms with Gasteiger partial charge in [-0.25, -0.2) is 9.59 Å². The van der Waals surface area contributed by atoms with Crippen molar-refractivity contribution in [3.63, 3.8) is 0 Å². The third-order valence-corrected chi connectivity index (χ3v) is 4.07. The van der Waals surface area contributed by atoms with E-state index in [0.29, 0.717) is 9.37 Å². The minimum atomic E-state index is -4.89. The van der Waals surface area contributed by atoms with Gasteiger partial charge < -0.3 is 19.7 Å². The Morgan fingerprint density at radius 2 is 1.70 bits per heavy atom. The van der Waals surface area contributed by atoms with E-state index in [1.54, 1.807) is 20.8 Å². The third-order valence-electron chi connectivity index (χ3n) is 3.54. The fourth-order valence-corrected chi connectivity index (χ4v) is 2.71. The van der Waals surface area contributed by atoms with Gasteiger partial charge in [0.25, 0.3) is 0 Å². The van der Waals surface area contributed by atoms with E-state index < -0.39 is 42.3 Å². The number of alkyl carbamates (subject to hydrolysis) is 1. The molecule has 1 N–H and O–H groups in total. The van der Waals surface area contributed by atoms with Crippen molar-refractivity contribution in [3.05, 3.63) is 34.3 Å². The summed E-state index contributed by atoms with van der Waals surface area (Å²) in [6.45, 7) is 5.14. The number of benzene rings is 1. The van der Waals surface area contributed by atoms with Crippen molar-refractivity contribution in [1.29, 1.82) is 0 Å². The van der Waals surface area contributed by atoms with Crippen LogP contribution in [0, 0.1) is 0 Å². The Hall–Kier alpha value is -2.30. The molecule has 1 unspecified atom stereocenters. The minimum Gasteiger partial charge on any atom is -0.459 e. The summed E-state index contributed by atoms with van der Waals surface area (Å²) in [7, 11) is 0. The first-order chi connectivity index (χ1) is 13.8. The highest BCUT2D eigenvalue weighted by atomic mass is 79.9. The Morgan fingerprint density at radius 1 is 1.13 bits per heavy atom. The molecule has 1 rings (SSSR count). The number of ether oxygens (including phenoxy) is 2. The van der Waals surface area contributed by atoms with Crippen molar-refractivity contribution in [2.24, 2.45) is 0 Å². The Bertz CT molecular complexity index is 748. The number of alkyl halides is 3. The zero-order chi connectivity index (χ0) is 23.1. The Labute approximate surface area is 181 Å². The average Bonchev–Trinajstić information content (AvgIpc) is 2.59. The molecule has 1 aromatic carbocycles. The van der Waals surface area contributed by atoms with Crippen LogP contribution in [0.3, 0.4) is 0 Å². The topological polar surface area (TPSA) is 84.9 Å². The Balaban J connectivity index is 3.16. The quantitative estimate of drug-likeness (QED) is 0.475. The van der Waals surface area contributed by atoms with E-state index in [2.05, 4.69) is 26.0 Å². The van der Waals surface area contributed by atoms with Gasteiger partial charge in [-0.05, 0) is 45.4 Å². The molecule has 168 valence electrons. The van der Waals surface area contributed by atoms with Gasteiger partial charge in [-0.15, -0.1) is 0 Å². The molecule has 1 aromatic rings. The van der Waals surface area contributed by atoms with Gasteiger partial charge in [0, 0.05) is 17.6 Å². The Morgan fingerprint density at radius 3 is 2.17 bits per heavy atom. The van der Waals surface area contributed by atoms with Crippen molar-refractivity contribution < 1.29 is 37.0 Å². The molecule has 0 radical (unpaired) electrons. The molecule has 7 nitrogen and oxygen atoms in total. The average molecular weight is 497 g/mol. The maximum Gasteiger partial charge on any atom is 0.413 e. The number of carbonyl (C=O) groups excluding carboxylic acids is 3. The Kier molecular flexibility index (Phi) is 9.13. The lowest BCUT2D eigenvalue weighted by molar-refractivity contribution is -0.195. The number of nitrogens with zero attached hydrogens (tertiary/aromatic N) is 1. The lowest BCUT2D eigenvalue weighted by atomic mass is 10.0. The first-order valence-electron chi connectivity index (χ1n) is 9.03. The van der Waals surface area contributed by atoms with Gasteiger partial charge in [0.15, 0.2) is 6.04 Å². The summed E-state index contributed by atoms with van der Waals surface area (Å²) in [6, 6.07) is 2.74. The lowest BCUT2D eigenvalue weighted by Gasteiger charge is -2.33. The van der Waals surface area contributed by atoms with Crippen LogP contribution in [-0.4, -0.2) is 54.3 Å². The molecule has 0 saturated carbocycles. The maximum absolute atomic E-state index is 13.9. The third kappa shape index (κ3) is 8.21. The van der Waals surface area contributed by atoms with Gasteiger partial charge in [0.2, 0.25) is 0 Å². The van der Waals surface area contributed by atoms with E-state index in [1.807, 2.05) is 0 Å². The normalized spacial score (nSPS) is 12.7. The lowest BCUT2D eigenvalue weighted by Crippen LogP contribution is -2.49. The number of esters is 1. The molecule has 0 saturated heterocycles. The first kappa shape index (κ1) is 25.7. The van der Waals surface area contributed by atoms with E-state index in [-0.39, 0.29) is 18.7 Å². The number of hydrogen-bond acceptors (Lipinski definition) is 5. The summed E-state index contributed by atoms with van der Waals surface area (Å²) in [5.41, 5.74) is -1.06. The van der Waals surface area contributed by atoms with Crippen LogP contribution in [0.4, 0.5) is 18.0 Å². The van der Waals surface area contributed by atoms with Gasteiger partial charge in [-0.3, -0.25) is 4.79 Å². The van der Waals surface area contributed by atoms with Gasteiger partial charge in [0.05, 0.1) is 6.61 Å². The summed E-state index contributed by atoms with van der Waals surface area (Å²) in [5.74, 6) is -2.88. The smallest absolute Gasteiger partial charge is 0.413 e. The molecule has 2 amide bonds. The van der Waals surface area contributed by atoms with E-state index in [0.717, 1.165) is 0 Å². The molecule has 11 heteroatoms. The number of rotatable bonds is 6. The molecule has 1 atom stereocenters. The van der Waals surface area contributed by atoms with Crippen molar-refractivity contribution in [3.8, 4) is 0 Å². The number of nitrogens with one attached hydrogen (secondary N) is 1. The van der Waals surface area contributed by atoms with Crippen LogP contribution in [0.1, 0.15) is 39.3 Å². The molecule has 30 heavy (non-hydrogen) atoms. The summed E-state index contributed by atoms with van der Waals surface area (Å²) in [4.78, 5) is 36.4. The van der Waals surface area contributed by atoms with E-state index in [4.69, 9.17) is 4.74 Å². The molecule has 0 spiro atoms. The second kappa shape index (κ2) is 10.6. The largest absolute Gasteiger partial charge is 0.459 e. The second-order valence-electron chi connectivity index (χ2n) is 7.14. The molecule has 0 bridgehead atoms. The van der Waals surface area contributed by atoms with Crippen LogP contribution in [0.15, 0.2) is 28.7 Å². The predicted molar refractivity (Wildman–Crippen MR) is 106 cm³/mol. The van der Waals surface area contributed by atoms with Crippen LogP contribution in [0.25, 0.3) is 0 Å². The molecular formula is C19H24BrF3N2O5. The molecule has 0 aliphatic carbocycles. The first-order valence-corrected chi connectivity index (χ1v) is 9.82. The molecule has 0 heterocycles. The molecule has 0 aliphatic heterocycles. The van der Waals surface area contributed by atoms with Gasteiger partial charge in [-0.2, -0.15) is 13.2 Å². The van der Waals surface area contributed by atoms with Crippen molar-refractivity contribution in [2.45, 2.75) is 45.5 Å². The fourth-order valence-electron chi connectivity index (χ4n) is 2.44. The summed E-state index contributed by atoms with van der Waals surface area (Å²) in [5, 5.41) is 2.28. The highest BCUT2D eigenvalue weighted by molar-refractivity contribution is 9.10. The van der Waals surface area contributed by atoms with Crippen LogP contribution >= 0.6 is 15.9 Å². The number of hydrogen-bond donors (Lipinski definition) is 1. The molecule has 0 fully saturated rings.